The summed E-state index contributed by atoms with van der Waals surface area (Å²) < 4.78 is 0. The molecule has 1 aliphatic heterocycles. The Morgan fingerprint density at radius 3 is 2.22 bits per heavy atom. The number of aromatic nitrogens is 2. The average Bonchev–Trinajstić information content (AvgIpc) is 2.38. The number of piperazine rings is 1. The second-order valence-electron chi connectivity index (χ2n) is 5.69. The summed E-state index contributed by atoms with van der Waals surface area (Å²) in [6, 6.07) is 3.77. The normalized spacial score (nSPS) is 18.1. The van der Waals surface area contributed by atoms with Gasteiger partial charge >= 0.3 is 0 Å². The lowest BCUT2D eigenvalue weighted by Crippen LogP contribution is -2.53. The molecule has 0 saturated carbocycles. The van der Waals surface area contributed by atoms with Gasteiger partial charge in [0.15, 0.2) is 5.82 Å². The van der Waals surface area contributed by atoms with Gasteiger partial charge in [-0.1, -0.05) is 0 Å². The lowest BCUT2D eigenvalue weighted by Gasteiger charge is -2.42. The quantitative estimate of drug-likeness (QED) is 0.845. The molecule has 0 unspecified atom stereocenters. The highest BCUT2D eigenvalue weighted by Crippen LogP contribution is 2.18. The van der Waals surface area contributed by atoms with Gasteiger partial charge in [0.1, 0.15) is 0 Å². The molecular formula is C13H22N4O. The van der Waals surface area contributed by atoms with Crippen LogP contribution in [0.4, 0.5) is 5.82 Å². The zero-order valence-corrected chi connectivity index (χ0v) is 11.4. The third-order valence-corrected chi connectivity index (χ3v) is 3.42. The van der Waals surface area contributed by atoms with Gasteiger partial charge in [-0.25, -0.2) is 0 Å². The van der Waals surface area contributed by atoms with Crippen molar-refractivity contribution in [2.75, 3.05) is 31.1 Å². The van der Waals surface area contributed by atoms with Crippen molar-refractivity contribution >= 4 is 5.82 Å². The molecule has 1 aromatic heterocycles. The van der Waals surface area contributed by atoms with Gasteiger partial charge in [0.2, 0.25) is 0 Å². The van der Waals surface area contributed by atoms with Crippen molar-refractivity contribution in [2.24, 2.45) is 0 Å². The molecule has 0 amide bonds. The summed E-state index contributed by atoms with van der Waals surface area (Å²) in [5.74, 6) is 0.903. The maximum absolute atomic E-state index is 8.94. The lowest BCUT2D eigenvalue weighted by atomic mass is 10.1. The third kappa shape index (κ3) is 2.97. The second-order valence-corrected chi connectivity index (χ2v) is 5.69. The molecule has 100 valence electrons. The fourth-order valence-electron chi connectivity index (χ4n) is 2.21. The van der Waals surface area contributed by atoms with Crippen molar-refractivity contribution in [1.29, 1.82) is 0 Å². The highest BCUT2D eigenvalue weighted by Gasteiger charge is 2.26. The Bertz CT molecular complexity index is 377. The third-order valence-electron chi connectivity index (χ3n) is 3.42. The Morgan fingerprint density at radius 1 is 1.11 bits per heavy atom. The number of hydrogen-bond donors (Lipinski definition) is 1. The number of anilines is 1. The van der Waals surface area contributed by atoms with Crippen LogP contribution in [0.1, 0.15) is 26.5 Å². The Morgan fingerprint density at radius 2 is 1.78 bits per heavy atom. The van der Waals surface area contributed by atoms with Gasteiger partial charge in [-0.3, -0.25) is 4.90 Å². The van der Waals surface area contributed by atoms with Crippen molar-refractivity contribution in [3.05, 3.63) is 17.8 Å². The summed E-state index contributed by atoms with van der Waals surface area (Å²) in [5, 5.41) is 17.1. The van der Waals surface area contributed by atoms with Crippen LogP contribution in [-0.4, -0.2) is 51.9 Å². The molecule has 0 radical (unpaired) electrons. The zero-order valence-electron chi connectivity index (χ0n) is 11.4. The standard InChI is InChI=1S/C13H22N4O/c1-13(2,3)17-8-6-16(7-9-17)12-5-4-11(10-18)14-15-12/h4-5,18H,6-10H2,1-3H3. The van der Waals surface area contributed by atoms with Crippen LogP contribution in [0.3, 0.4) is 0 Å². The van der Waals surface area contributed by atoms with Gasteiger partial charge in [0, 0.05) is 31.7 Å². The number of nitrogens with zero attached hydrogens (tertiary/aromatic N) is 4. The first-order valence-corrected chi connectivity index (χ1v) is 6.44. The second kappa shape index (κ2) is 5.20. The maximum Gasteiger partial charge on any atom is 0.151 e. The molecule has 1 fully saturated rings. The van der Waals surface area contributed by atoms with Crippen LogP contribution in [0.5, 0.6) is 0 Å². The van der Waals surface area contributed by atoms with E-state index in [1.807, 2.05) is 12.1 Å². The van der Waals surface area contributed by atoms with E-state index in [0.29, 0.717) is 5.69 Å². The Balaban J connectivity index is 1.96. The van der Waals surface area contributed by atoms with Crippen molar-refractivity contribution in [1.82, 2.24) is 15.1 Å². The molecule has 0 aromatic carbocycles. The van der Waals surface area contributed by atoms with Crippen LogP contribution in [0.2, 0.25) is 0 Å². The first-order chi connectivity index (χ1) is 8.50. The van der Waals surface area contributed by atoms with E-state index in [9.17, 15) is 0 Å². The molecule has 5 nitrogen and oxygen atoms in total. The van der Waals surface area contributed by atoms with Gasteiger partial charge in [-0.15, -0.1) is 5.10 Å². The molecule has 1 aliphatic rings. The molecule has 1 aromatic rings. The van der Waals surface area contributed by atoms with Gasteiger partial charge < -0.3 is 10.0 Å². The highest BCUT2D eigenvalue weighted by molar-refractivity contribution is 5.37. The molecular weight excluding hydrogens is 228 g/mol. The Kier molecular flexibility index (Phi) is 3.82. The van der Waals surface area contributed by atoms with E-state index < -0.39 is 0 Å². The van der Waals surface area contributed by atoms with E-state index in [1.54, 1.807) is 0 Å². The van der Waals surface area contributed by atoms with Crippen LogP contribution in [0.25, 0.3) is 0 Å². The summed E-state index contributed by atoms with van der Waals surface area (Å²) in [5.41, 5.74) is 0.852. The van der Waals surface area contributed by atoms with Gasteiger partial charge in [-0.2, -0.15) is 5.10 Å². The highest BCUT2D eigenvalue weighted by atomic mass is 16.3. The number of aliphatic hydroxyl groups is 1. The van der Waals surface area contributed by atoms with Crippen LogP contribution in [-0.2, 0) is 6.61 Å². The predicted octanol–water partition coefficient (Wildman–Crippen LogP) is 0.889. The first-order valence-electron chi connectivity index (χ1n) is 6.44. The molecule has 5 heteroatoms. The molecule has 1 N–H and O–H groups in total. The molecule has 0 bridgehead atoms. The minimum absolute atomic E-state index is 0.0505. The molecule has 0 atom stereocenters. The summed E-state index contributed by atoms with van der Waals surface area (Å²) in [4.78, 5) is 4.73. The van der Waals surface area contributed by atoms with E-state index in [0.717, 1.165) is 32.0 Å². The molecule has 0 spiro atoms. The monoisotopic (exact) mass is 250 g/mol. The summed E-state index contributed by atoms with van der Waals surface area (Å²) in [6.07, 6.45) is 0. The van der Waals surface area contributed by atoms with Gasteiger partial charge in [0.25, 0.3) is 0 Å². The fraction of sp³-hybridized carbons (Fsp3) is 0.692. The number of aliphatic hydroxyl groups excluding tert-OH is 1. The molecule has 2 heterocycles. The van der Waals surface area contributed by atoms with Crippen LogP contribution in [0.15, 0.2) is 12.1 Å². The maximum atomic E-state index is 8.94. The minimum Gasteiger partial charge on any atom is -0.390 e. The summed E-state index contributed by atoms with van der Waals surface area (Å²) >= 11 is 0. The number of rotatable bonds is 2. The Hall–Kier alpha value is -1.20. The van der Waals surface area contributed by atoms with Crippen LogP contribution in [0, 0.1) is 0 Å². The minimum atomic E-state index is -0.0505. The van der Waals surface area contributed by atoms with E-state index in [4.69, 9.17) is 5.11 Å². The Labute approximate surface area is 108 Å². The summed E-state index contributed by atoms with van der Waals surface area (Å²) in [6.45, 7) is 10.7. The smallest absolute Gasteiger partial charge is 0.151 e. The van der Waals surface area contributed by atoms with E-state index in [-0.39, 0.29) is 12.1 Å². The van der Waals surface area contributed by atoms with E-state index >= 15 is 0 Å². The molecule has 18 heavy (non-hydrogen) atoms. The largest absolute Gasteiger partial charge is 0.390 e. The zero-order chi connectivity index (χ0) is 13.2. The number of hydrogen-bond acceptors (Lipinski definition) is 5. The summed E-state index contributed by atoms with van der Waals surface area (Å²) in [7, 11) is 0. The van der Waals surface area contributed by atoms with Gasteiger partial charge in [0.05, 0.1) is 12.3 Å². The SMILES string of the molecule is CC(C)(C)N1CCN(c2ccc(CO)nn2)CC1. The molecule has 2 rings (SSSR count). The average molecular weight is 250 g/mol. The van der Waals surface area contributed by atoms with E-state index in [1.165, 1.54) is 0 Å². The van der Waals surface area contributed by atoms with Crippen molar-refractivity contribution in [3.8, 4) is 0 Å². The molecule has 1 saturated heterocycles. The first kappa shape index (κ1) is 13.2. The van der Waals surface area contributed by atoms with Crippen molar-refractivity contribution in [2.45, 2.75) is 32.9 Å². The van der Waals surface area contributed by atoms with Crippen LogP contribution < -0.4 is 4.90 Å². The van der Waals surface area contributed by atoms with E-state index in [2.05, 4.69) is 40.8 Å². The van der Waals surface area contributed by atoms with Gasteiger partial charge in [-0.05, 0) is 32.9 Å². The topological polar surface area (TPSA) is 52.5 Å². The predicted molar refractivity (Wildman–Crippen MR) is 71.5 cm³/mol. The van der Waals surface area contributed by atoms with Crippen molar-refractivity contribution in [3.63, 3.8) is 0 Å². The van der Waals surface area contributed by atoms with Crippen LogP contribution >= 0.6 is 0 Å². The fourth-order valence-corrected chi connectivity index (χ4v) is 2.21. The lowest BCUT2D eigenvalue weighted by molar-refractivity contribution is 0.128. The van der Waals surface area contributed by atoms with Crippen molar-refractivity contribution < 1.29 is 5.11 Å². The molecule has 0 aliphatic carbocycles.